The summed E-state index contributed by atoms with van der Waals surface area (Å²) in [5.74, 6) is 0. The number of hydrogen-bond donors (Lipinski definition) is 0. The van der Waals surface area contributed by atoms with Gasteiger partial charge in [0.25, 0.3) is 11.4 Å². The minimum absolute atomic E-state index is 0.153. The molecule has 0 unspecified atom stereocenters. The van der Waals surface area contributed by atoms with Gasteiger partial charge in [-0.2, -0.15) is 0 Å². The van der Waals surface area contributed by atoms with Gasteiger partial charge in [0, 0.05) is 23.8 Å². The topological polar surface area (TPSA) is 86.3 Å². The Morgan fingerprint density at radius 3 is 1.90 bits per heavy atom. The van der Waals surface area contributed by atoms with Gasteiger partial charge in [0.2, 0.25) is 0 Å². The number of aryl methyl sites for hydroxylation is 2. The van der Waals surface area contributed by atoms with Crippen molar-refractivity contribution in [1.82, 2.24) is 0 Å². The van der Waals surface area contributed by atoms with Crippen LogP contribution in [0.15, 0.2) is 48.5 Å². The molecule has 0 spiro atoms. The number of benzene rings is 2. The van der Waals surface area contributed by atoms with E-state index < -0.39 is 4.92 Å². The van der Waals surface area contributed by atoms with E-state index in [4.69, 9.17) is 0 Å². The van der Waals surface area contributed by atoms with Crippen LogP contribution in [0, 0.1) is 34.1 Å². The fourth-order valence-electron chi connectivity index (χ4n) is 1.51. The average Bonchev–Trinajstić information content (AvgIpc) is 2.39. The van der Waals surface area contributed by atoms with Gasteiger partial charge in [-0.3, -0.25) is 20.2 Å². The Morgan fingerprint density at radius 2 is 1.50 bits per heavy atom. The summed E-state index contributed by atoms with van der Waals surface area (Å²) in [6, 6.07) is 13.2. The molecule has 0 radical (unpaired) electrons. The maximum absolute atomic E-state index is 10.2. The van der Waals surface area contributed by atoms with E-state index in [1.54, 1.807) is 37.3 Å². The Bertz CT molecular complexity index is 626. The number of nitro benzene ring substituents is 2. The van der Waals surface area contributed by atoms with Gasteiger partial charge in [-0.05, 0) is 19.4 Å². The lowest BCUT2D eigenvalue weighted by Crippen LogP contribution is -1.89. The second-order valence-electron chi connectivity index (χ2n) is 4.14. The fourth-order valence-corrected chi connectivity index (χ4v) is 1.51. The quantitative estimate of drug-likeness (QED) is 0.615. The van der Waals surface area contributed by atoms with Gasteiger partial charge in [0.1, 0.15) is 0 Å². The Labute approximate surface area is 116 Å². The van der Waals surface area contributed by atoms with Crippen molar-refractivity contribution in [1.29, 1.82) is 0 Å². The molecule has 2 aromatic rings. The number of rotatable bonds is 2. The number of nitro groups is 2. The molecule has 6 nitrogen and oxygen atoms in total. The molecule has 0 amide bonds. The number of non-ortho nitro benzene ring substituents is 1. The summed E-state index contributed by atoms with van der Waals surface area (Å²) in [4.78, 5) is 19.6. The first kappa shape index (κ1) is 15.3. The smallest absolute Gasteiger partial charge is 0.258 e. The van der Waals surface area contributed by atoms with Crippen molar-refractivity contribution in [3.05, 3.63) is 79.9 Å². The SMILES string of the molecule is Cc1cccc([N+](=O)[O-])c1.Cc1ccccc1[N+](=O)[O-]. The molecule has 6 heteroatoms. The second kappa shape index (κ2) is 6.98. The molecule has 104 valence electrons. The predicted octanol–water partition coefficient (Wildman–Crippen LogP) is 3.81. The predicted molar refractivity (Wildman–Crippen MR) is 75.7 cm³/mol. The molecule has 0 atom stereocenters. The molecule has 20 heavy (non-hydrogen) atoms. The Kier molecular flexibility index (Phi) is 5.34. The zero-order valence-corrected chi connectivity index (χ0v) is 11.1. The molecule has 0 bridgehead atoms. The summed E-state index contributed by atoms with van der Waals surface area (Å²) in [6.45, 7) is 3.55. The largest absolute Gasteiger partial charge is 0.272 e. The Balaban J connectivity index is 0.000000200. The fraction of sp³-hybridized carbons (Fsp3) is 0.143. The van der Waals surface area contributed by atoms with Gasteiger partial charge in [-0.15, -0.1) is 0 Å². The first-order valence-corrected chi connectivity index (χ1v) is 5.83. The van der Waals surface area contributed by atoms with Crippen LogP contribution in [0.1, 0.15) is 11.1 Å². The van der Waals surface area contributed by atoms with Crippen LogP contribution in [0.4, 0.5) is 11.4 Å². The molecule has 0 aliphatic carbocycles. The monoisotopic (exact) mass is 274 g/mol. The van der Waals surface area contributed by atoms with Gasteiger partial charge < -0.3 is 0 Å². The van der Waals surface area contributed by atoms with E-state index in [0.29, 0.717) is 5.56 Å². The molecule has 0 fully saturated rings. The van der Waals surface area contributed by atoms with E-state index in [-0.39, 0.29) is 16.3 Å². The Morgan fingerprint density at radius 1 is 0.850 bits per heavy atom. The van der Waals surface area contributed by atoms with Gasteiger partial charge in [-0.25, -0.2) is 0 Å². The van der Waals surface area contributed by atoms with Crippen LogP contribution in [0.2, 0.25) is 0 Å². The van der Waals surface area contributed by atoms with E-state index >= 15 is 0 Å². The van der Waals surface area contributed by atoms with E-state index in [1.165, 1.54) is 12.1 Å². The standard InChI is InChI=1S/2C7H7NO2/c1-6-3-2-4-7(5-6)8(9)10;1-6-4-2-3-5-7(6)8(9)10/h2*2-5H,1H3. The summed E-state index contributed by atoms with van der Waals surface area (Å²) in [6.07, 6.45) is 0. The van der Waals surface area contributed by atoms with Crippen molar-refractivity contribution in [2.24, 2.45) is 0 Å². The van der Waals surface area contributed by atoms with Gasteiger partial charge in [0.15, 0.2) is 0 Å². The number of hydrogen-bond acceptors (Lipinski definition) is 4. The summed E-state index contributed by atoms with van der Waals surface area (Å²) in [5.41, 5.74) is 1.95. The summed E-state index contributed by atoms with van der Waals surface area (Å²) in [7, 11) is 0. The molecular formula is C14H14N2O4. The highest BCUT2D eigenvalue weighted by molar-refractivity contribution is 5.38. The third-order valence-corrected chi connectivity index (χ3v) is 2.52. The highest BCUT2D eigenvalue weighted by atomic mass is 16.6. The number of para-hydroxylation sites is 1. The van der Waals surface area contributed by atoms with E-state index in [9.17, 15) is 20.2 Å². The second-order valence-corrected chi connectivity index (χ2v) is 4.14. The van der Waals surface area contributed by atoms with Crippen molar-refractivity contribution >= 4 is 11.4 Å². The highest BCUT2D eigenvalue weighted by Crippen LogP contribution is 2.15. The lowest BCUT2D eigenvalue weighted by atomic mass is 10.2. The summed E-state index contributed by atoms with van der Waals surface area (Å²) >= 11 is 0. The summed E-state index contributed by atoms with van der Waals surface area (Å²) < 4.78 is 0. The zero-order valence-electron chi connectivity index (χ0n) is 11.1. The van der Waals surface area contributed by atoms with Crippen LogP contribution in [-0.2, 0) is 0 Å². The molecule has 2 aromatic carbocycles. The minimum atomic E-state index is -0.396. The Hall–Kier alpha value is -2.76. The number of nitrogens with zero attached hydrogens (tertiary/aromatic N) is 2. The van der Waals surface area contributed by atoms with Crippen LogP contribution in [0.5, 0.6) is 0 Å². The van der Waals surface area contributed by atoms with E-state index in [2.05, 4.69) is 0 Å². The molecule has 0 aliphatic heterocycles. The van der Waals surface area contributed by atoms with Crippen LogP contribution in [0.3, 0.4) is 0 Å². The lowest BCUT2D eigenvalue weighted by molar-refractivity contribution is -0.385. The molecule has 0 N–H and O–H groups in total. The molecule has 2 rings (SSSR count). The van der Waals surface area contributed by atoms with Gasteiger partial charge in [-0.1, -0.05) is 30.3 Å². The van der Waals surface area contributed by atoms with Crippen molar-refractivity contribution in [2.75, 3.05) is 0 Å². The van der Waals surface area contributed by atoms with Crippen molar-refractivity contribution in [3.63, 3.8) is 0 Å². The summed E-state index contributed by atoms with van der Waals surface area (Å²) in [5, 5.41) is 20.4. The zero-order chi connectivity index (χ0) is 15.1. The van der Waals surface area contributed by atoms with E-state index in [1.807, 2.05) is 13.0 Å². The third kappa shape index (κ3) is 4.49. The maximum atomic E-state index is 10.2. The van der Waals surface area contributed by atoms with Gasteiger partial charge >= 0.3 is 0 Å². The molecular weight excluding hydrogens is 260 g/mol. The van der Waals surface area contributed by atoms with E-state index in [0.717, 1.165) is 5.56 Å². The van der Waals surface area contributed by atoms with Crippen LogP contribution < -0.4 is 0 Å². The first-order valence-electron chi connectivity index (χ1n) is 5.83. The lowest BCUT2D eigenvalue weighted by Gasteiger charge is -1.92. The van der Waals surface area contributed by atoms with Gasteiger partial charge in [0.05, 0.1) is 9.85 Å². The van der Waals surface area contributed by atoms with Crippen molar-refractivity contribution in [2.45, 2.75) is 13.8 Å². The van der Waals surface area contributed by atoms with Crippen LogP contribution in [-0.4, -0.2) is 9.85 Å². The molecule has 0 saturated carbocycles. The molecule has 0 aromatic heterocycles. The molecule has 0 saturated heterocycles. The minimum Gasteiger partial charge on any atom is -0.258 e. The van der Waals surface area contributed by atoms with Crippen LogP contribution in [0.25, 0.3) is 0 Å². The average molecular weight is 274 g/mol. The van der Waals surface area contributed by atoms with Crippen LogP contribution >= 0.6 is 0 Å². The normalized spacial score (nSPS) is 9.30. The molecule has 0 heterocycles. The highest BCUT2D eigenvalue weighted by Gasteiger charge is 2.06. The first-order chi connectivity index (χ1) is 9.41. The van der Waals surface area contributed by atoms with Crippen molar-refractivity contribution in [3.8, 4) is 0 Å². The van der Waals surface area contributed by atoms with Crippen molar-refractivity contribution < 1.29 is 9.85 Å². The third-order valence-electron chi connectivity index (χ3n) is 2.52. The maximum Gasteiger partial charge on any atom is 0.272 e. The molecule has 0 aliphatic rings.